The number of methoxy groups -OCH3 is 1. The van der Waals surface area contributed by atoms with Gasteiger partial charge in [-0.05, 0) is 49.9 Å². The molecule has 3 atom stereocenters. The van der Waals surface area contributed by atoms with E-state index in [-0.39, 0.29) is 17.9 Å². The van der Waals surface area contributed by atoms with E-state index in [2.05, 4.69) is 5.32 Å². The van der Waals surface area contributed by atoms with Crippen LogP contribution >= 0.6 is 0 Å². The lowest BCUT2D eigenvalue weighted by Gasteiger charge is -2.21. The van der Waals surface area contributed by atoms with Crippen molar-refractivity contribution >= 4 is 5.91 Å². The number of benzene rings is 1. The summed E-state index contributed by atoms with van der Waals surface area (Å²) in [5.41, 5.74) is 6.83. The molecule has 0 aliphatic heterocycles. The van der Waals surface area contributed by atoms with Gasteiger partial charge >= 0.3 is 0 Å². The van der Waals surface area contributed by atoms with Crippen LogP contribution in [0.5, 0.6) is 5.75 Å². The molecule has 2 unspecified atom stereocenters. The summed E-state index contributed by atoms with van der Waals surface area (Å²) in [6, 6.07) is 7.80. The predicted molar refractivity (Wildman–Crippen MR) is 79.4 cm³/mol. The van der Waals surface area contributed by atoms with E-state index in [0.29, 0.717) is 12.5 Å². The van der Waals surface area contributed by atoms with Gasteiger partial charge in [-0.15, -0.1) is 0 Å². The summed E-state index contributed by atoms with van der Waals surface area (Å²) in [5, 5.41) is 3.10. The van der Waals surface area contributed by atoms with Gasteiger partial charge in [0, 0.05) is 5.92 Å². The van der Waals surface area contributed by atoms with Gasteiger partial charge in [0.15, 0.2) is 0 Å². The summed E-state index contributed by atoms with van der Waals surface area (Å²) in [6.45, 7) is 2.61. The molecule has 0 saturated heterocycles. The quantitative estimate of drug-likeness (QED) is 0.867. The Morgan fingerprint density at radius 3 is 2.70 bits per heavy atom. The van der Waals surface area contributed by atoms with Gasteiger partial charge in [-0.3, -0.25) is 4.79 Å². The summed E-state index contributed by atoms with van der Waals surface area (Å²) < 4.78 is 5.14. The molecule has 3 N–H and O–H groups in total. The van der Waals surface area contributed by atoms with Gasteiger partial charge in [0.05, 0.1) is 13.2 Å². The van der Waals surface area contributed by atoms with Gasteiger partial charge in [0.1, 0.15) is 5.75 Å². The van der Waals surface area contributed by atoms with Crippen LogP contribution in [0, 0.1) is 11.8 Å². The van der Waals surface area contributed by atoms with Crippen LogP contribution in [-0.2, 0) is 4.79 Å². The summed E-state index contributed by atoms with van der Waals surface area (Å²) in [4.78, 5) is 12.3. The molecule has 1 aromatic rings. The smallest absolute Gasteiger partial charge is 0.223 e. The second-order valence-corrected chi connectivity index (χ2v) is 5.54. The summed E-state index contributed by atoms with van der Waals surface area (Å²) in [6.07, 6.45) is 3.14. The monoisotopic (exact) mass is 276 g/mol. The molecule has 1 amide bonds. The Morgan fingerprint density at radius 1 is 1.40 bits per heavy atom. The SMILES string of the molecule is COc1ccc([C@@H](C)NC(=O)C2CCCC2CN)cc1. The molecule has 0 spiro atoms. The Kier molecular flexibility index (Phi) is 5.01. The third kappa shape index (κ3) is 3.31. The highest BCUT2D eigenvalue weighted by Crippen LogP contribution is 2.31. The number of carbonyl (C=O) groups excluding carboxylic acids is 1. The van der Waals surface area contributed by atoms with Crippen molar-refractivity contribution < 1.29 is 9.53 Å². The van der Waals surface area contributed by atoms with Crippen LogP contribution in [0.4, 0.5) is 0 Å². The van der Waals surface area contributed by atoms with Gasteiger partial charge in [-0.2, -0.15) is 0 Å². The van der Waals surface area contributed by atoms with Gasteiger partial charge in [0.25, 0.3) is 0 Å². The number of ether oxygens (including phenoxy) is 1. The fourth-order valence-corrected chi connectivity index (χ4v) is 2.96. The Morgan fingerprint density at radius 2 is 2.10 bits per heavy atom. The maximum atomic E-state index is 12.3. The highest BCUT2D eigenvalue weighted by atomic mass is 16.5. The fraction of sp³-hybridized carbons (Fsp3) is 0.562. The molecule has 1 aromatic carbocycles. The van der Waals surface area contributed by atoms with E-state index < -0.39 is 0 Å². The van der Waals surface area contributed by atoms with Gasteiger partial charge in [-0.25, -0.2) is 0 Å². The highest BCUT2D eigenvalue weighted by molar-refractivity contribution is 5.79. The van der Waals surface area contributed by atoms with Crippen LogP contribution in [-0.4, -0.2) is 19.6 Å². The fourth-order valence-electron chi connectivity index (χ4n) is 2.96. The molecule has 1 aliphatic rings. The Labute approximate surface area is 120 Å². The maximum absolute atomic E-state index is 12.3. The minimum Gasteiger partial charge on any atom is -0.497 e. The van der Waals surface area contributed by atoms with E-state index in [9.17, 15) is 4.79 Å². The van der Waals surface area contributed by atoms with Crippen LogP contribution in [0.1, 0.15) is 37.8 Å². The molecule has 2 rings (SSSR count). The first-order valence-electron chi connectivity index (χ1n) is 7.30. The molecule has 1 aliphatic carbocycles. The summed E-state index contributed by atoms with van der Waals surface area (Å²) in [7, 11) is 1.65. The predicted octanol–water partition coefficient (Wildman–Crippen LogP) is 2.25. The lowest BCUT2D eigenvalue weighted by atomic mass is 9.94. The number of nitrogens with two attached hydrogens (primary N) is 1. The number of nitrogens with one attached hydrogen (secondary N) is 1. The molecule has 0 aromatic heterocycles. The first kappa shape index (κ1) is 14.9. The second-order valence-electron chi connectivity index (χ2n) is 5.54. The highest BCUT2D eigenvalue weighted by Gasteiger charge is 2.32. The average molecular weight is 276 g/mol. The standard InChI is InChI=1S/C16H24N2O2/c1-11(12-6-8-14(20-2)9-7-12)18-16(19)15-5-3-4-13(15)10-17/h6-9,11,13,15H,3-5,10,17H2,1-2H3,(H,18,19)/t11-,13?,15?/m1/s1. The van der Waals surface area contributed by atoms with Crippen molar-refractivity contribution in [1.29, 1.82) is 0 Å². The lowest BCUT2D eigenvalue weighted by molar-refractivity contribution is -0.126. The van der Waals surface area contributed by atoms with Crippen LogP contribution in [0.15, 0.2) is 24.3 Å². The molecule has 4 nitrogen and oxygen atoms in total. The molecular weight excluding hydrogens is 252 g/mol. The zero-order valence-corrected chi connectivity index (χ0v) is 12.3. The van der Waals surface area contributed by atoms with Crippen molar-refractivity contribution in [2.45, 2.75) is 32.2 Å². The van der Waals surface area contributed by atoms with E-state index in [0.717, 1.165) is 30.6 Å². The van der Waals surface area contributed by atoms with E-state index >= 15 is 0 Å². The molecule has 0 bridgehead atoms. The number of rotatable bonds is 5. The molecule has 1 fully saturated rings. The van der Waals surface area contributed by atoms with Crippen LogP contribution in [0.3, 0.4) is 0 Å². The number of hydrogen-bond donors (Lipinski definition) is 2. The zero-order chi connectivity index (χ0) is 14.5. The zero-order valence-electron chi connectivity index (χ0n) is 12.3. The third-order valence-electron chi connectivity index (χ3n) is 4.27. The van der Waals surface area contributed by atoms with Gasteiger partial charge in [-0.1, -0.05) is 18.6 Å². The number of hydrogen-bond acceptors (Lipinski definition) is 3. The normalized spacial score (nSPS) is 23.4. The van der Waals surface area contributed by atoms with Crippen molar-refractivity contribution in [2.75, 3.05) is 13.7 Å². The Bertz CT molecular complexity index is 444. The maximum Gasteiger partial charge on any atom is 0.223 e. The first-order chi connectivity index (χ1) is 9.65. The third-order valence-corrected chi connectivity index (χ3v) is 4.27. The van der Waals surface area contributed by atoms with E-state index in [1.807, 2.05) is 31.2 Å². The van der Waals surface area contributed by atoms with E-state index in [1.165, 1.54) is 0 Å². The first-order valence-corrected chi connectivity index (χ1v) is 7.30. The summed E-state index contributed by atoms with van der Waals surface area (Å²) >= 11 is 0. The van der Waals surface area contributed by atoms with Gasteiger partial charge < -0.3 is 15.8 Å². The Balaban J connectivity index is 1.96. The van der Waals surface area contributed by atoms with Crippen molar-refractivity contribution in [3.8, 4) is 5.75 Å². The molecule has 20 heavy (non-hydrogen) atoms. The van der Waals surface area contributed by atoms with E-state index in [1.54, 1.807) is 7.11 Å². The minimum atomic E-state index is 0.00688. The lowest BCUT2D eigenvalue weighted by Crippen LogP contribution is -2.36. The van der Waals surface area contributed by atoms with E-state index in [4.69, 9.17) is 10.5 Å². The molecule has 0 heterocycles. The average Bonchev–Trinajstić information content (AvgIpc) is 2.95. The van der Waals surface area contributed by atoms with Crippen molar-refractivity contribution in [3.63, 3.8) is 0 Å². The molecule has 110 valence electrons. The second kappa shape index (κ2) is 6.75. The minimum absolute atomic E-state index is 0.00688. The molecule has 0 radical (unpaired) electrons. The largest absolute Gasteiger partial charge is 0.497 e. The number of amides is 1. The van der Waals surface area contributed by atoms with Crippen LogP contribution in [0.2, 0.25) is 0 Å². The van der Waals surface area contributed by atoms with Gasteiger partial charge in [0.2, 0.25) is 5.91 Å². The van der Waals surface area contributed by atoms with Crippen molar-refractivity contribution in [2.24, 2.45) is 17.6 Å². The summed E-state index contributed by atoms with van der Waals surface area (Å²) in [5.74, 6) is 1.39. The molecular formula is C16H24N2O2. The van der Waals surface area contributed by atoms with Crippen LogP contribution < -0.4 is 15.8 Å². The van der Waals surface area contributed by atoms with Crippen molar-refractivity contribution in [3.05, 3.63) is 29.8 Å². The van der Waals surface area contributed by atoms with Crippen LogP contribution in [0.25, 0.3) is 0 Å². The van der Waals surface area contributed by atoms with Crippen molar-refractivity contribution in [1.82, 2.24) is 5.32 Å². The molecule has 4 heteroatoms. The topological polar surface area (TPSA) is 64.3 Å². The Hall–Kier alpha value is -1.55. The number of carbonyl (C=O) groups is 1. The molecule has 1 saturated carbocycles.